The second kappa shape index (κ2) is 7.72. The first-order valence-electron chi connectivity index (χ1n) is 9.41. The summed E-state index contributed by atoms with van der Waals surface area (Å²) in [5.74, 6) is 0.668. The summed E-state index contributed by atoms with van der Waals surface area (Å²) >= 11 is 6.14. The lowest BCUT2D eigenvalue weighted by atomic mass is 10.1. The van der Waals surface area contributed by atoms with Gasteiger partial charge in [-0.15, -0.1) is 0 Å². The summed E-state index contributed by atoms with van der Waals surface area (Å²) in [5.41, 5.74) is 4.65. The third-order valence-corrected chi connectivity index (χ3v) is 5.20. The molecular weight excluding hydrogens is 384 g/mol. The monoisotopic (exact) mass is 404 g/mol. The maximum absolute atomic E-state index is 13.6. The van der Waals surface area contributed by atoms with Gasteiger partial charge < -0.3 is 4.42 Å². The highest BCUT2D eigenvalue weighted by atomic mass is 35.5. The number of furan rings is 1. The molecule has 0 spiro atoms. The molecule has 146 valence electrons. The van der Waals surface area contributed by atoms with E-state index in [0.717, 1.165) is 33.2 Å². The van der Waals surface area contributed by atoms with Gasteiger partial charge in [-0.25, -0.2) is 4.98 Å². The zero-order valence-corrected chi connectivity index (χ0v) is 17.3. The van der Waals surface area contributed by atoms with Crippen molar-refractivity contribution in [1.29, 1.82) is 0 Å². The molecule has 4 rings (SSSR count). The predicted octanol–water partition coefficient (Wildman–Crippen LogP) is 6.25. The van der Waals surface area contributed by atoms with Crippen molar-refractivity contribution in [2.45, 2.75) is 27.3 Å². The number of anilines is 1. The summed E-state index contributed by atoms with van der Waals surface area (Å²) < 4.78 is 6.07. The quantitative estimate of drug-likeness (QED) is 0.403. The average molecular weight is 405 g/mol. The number of hydrogen-bond donors (Lipinski definition) is 0. The topological polar surface area (TPSA) is 46.3 Å². The minimum absolute atomic E-state index is 0.227. The number of fused-ring (bicyclic) bond motifs is 1. The molecule has 2 aromatic carbocycles. The number of aromatic nitrogens is 1. The molecule has 29 heavy (non-hydrogen) atoms. The van der Waals surface area contributed by atoms with Gasteiger partial charge in [0.05, 0.1) is 6.54 Å². The maximum Gasteiger partial charge on any atom is 0.295 e. The van der Waals surface area contributed by atoms with E-state index in [9.17, 15) is 4.79 Å². The number of nitrogens with zero attached hydrogens (tertiary/aromatic N) is 2. The van der Waals surface area contributed by atoms with Crippen molar-refractivity contribution >= 4 is 34.3 Å². The first kappa shape index (κ1) is 19.2. The predicted molar refractivity (Wildman–Crippen MR) is 117 cm³/mol. The van der Waals surface area contributed by atoms with E-state index < -0.39 is 0 Å². The van der Waals surface area contributed by atoms with E-state index in [1.807, 2.05) is 63.2 Å². The van der Waals surface area contributed by atoms with Crippen molar-refractivity contribution in [2.24, 2.45) is 0 Å². The smallest absolute Gasteiger partial charge is 0.295 e. The Hall–Kier alpha value is -3.11. The Labute approximate surface area is 174 Å². The van der Waals surface area contributed by atoms with Gasteiger partial charge in [-0.1, -0.05) is 35.9 Å². The van der Waals surface area contributed by atoms with Crippen LogP contribution in [0.5, 0.6) is 0 Å². The lowest BCUT2D eigenvalue weighted by Gasteiger charge is -2.21. The molecule has 2 heterocycles. The van der Waals surface area contributed by atoms with Crippen LogP contribution in [0.15, 0.2) is 65.2 Å². The molecule has 0 radical (unpaired) electrons. The van der Waals surface area contributed by atoms with Gasteiger partial charge in [-0.2, -0.15) is 0 Å². The van der Waals surface area contributed by atoms with Crippen LogP contribution in [0.4, 0.5) is 5.82 Å². The third kappa shape index (κ3) is 3.76. The first-order valence-corrected chi connectivity index (χ1v) is 9.79. The number of pyridine rings is 1. The van der Waals surface area contributed by atoms with Gasteiger partial charge in [0, 0.05) is 22.2 Å². The molecule has 0 aliphatic heterocycles. The number of aryl methyl sites for hydroxylation is 3. The normalized spacial score (nSPS) is 11.0. The molecule has 0 saturated heterocycles. The molecule has 0 atom stereocenters. The largest absolute Gasteiger partial charge is 0.450 e. The van der Waals surface area contributed by atoms with Gasteiger partial charge in [-0.05, 0) is 67.8 Å². The summed E-state index contributed by atoms with van der Waals surface area (Å²) in [6.45, 7) is 6.30. The van der Waals surface area contributed by atoms with E-state index in [1.54, 1.807) is 11.1 Å². The fourth-order valence-electron chi connectivity index (χ4n) is 3.58. The summed E-state index contributed by atoms with van der Waals surface area (Å²) in [7, 11) is 0. The zero-order chi connectivity index (χ0) is 20.5. The first-order chi connectivity index (χ1) is 13.9. The van der Waals surface area contributed by atoms with Crippen molar-refractivity contribution in [3.63, 3.8) is 0 Å². The van der Waals surface area contributed by atoms with E-state index in [0.29, 0.717) is 23.1 Å². The van der Waals surface area contributed by atoms with Gasteiger partial charge in [-0.3, -0.25) is 9.69 Å². The van der Waals surface area contributed by atoms with Crippen LogP contribution in [-0.4, -0.2) is 10.9 Å². The Morgan fingerprint density at radius 2 is 1.90 bits per heavy atom. The molecule has 0 bridgehead atoms. The molecule has 4 aromatic rings. The Balaban J connectivity index is 1.80. The maximum atomic E-state index is 13.6. The highest BCUT2D eigenvalue weighted by Crippen LogP contribution is 2.31. The van der Waals surface area contributed by atoms with Gasteiger partial charge in [0.15, 0.2) is 5.76 Å². The van der Waals surface area contributed by atoms with Crippen LogP contribution >= 0.6 is 11.6 Å². The number of hydrogen-bond acceptors (Lipinski definition) is 3. The third-order valence-electron chi connectivity index (χ3n) is 4.96. The Kier molecular flexibility index (Phi) is 5.12. The fourth-order valence-corrected chi connectivity index (χ4v) is 3.80. The molecule has 0 fully saturated rings. The highest BCUT2D eigenvalue weighted by Gasteiger charge is 2.26. The van der Waals surface area contributed by atoms with Crippen LogP contribution in [0, 0.1) is 20.8 Å². The standard InChI is InChI=1S/C24H21ClN2O2/c1-15-11-16(2)22-20(12-15)17(3)23(29-22)24(28)27(21-9-4-5-10-26-21)14-18-7-6-8-19(25)13-18/h4-13H,14H2,1-3H3. The van der Waals surface area contributed by atoms with Crippen LogP contribution in [-0.2, 0) is 6.54 Å². The average Bonchev–Trinajstić information content (AvgIpc) is 3.03. The van der Waals surface area contributed by atoms with Crippen LogP contribution in [0.2, 0.25) is 5.02 Å². The molecule has 4 nitrogen and oxygen atoms in total. The molecule has 0 saturated carbocycles. The minimum atomic E-state index is -0.227. The molecule has 2 aromatic heterocycles. The van der Waals surface area contributed by atoms with Crippen molar-refractivity contribution < 1.29 is 9.21 Å². The molecule has 5 heteroatoms. The zero-order valence-electron chi connectivity index (χ0n) is 16.6. The number of benzene rings is 2. The van der Waals surface area contributed by atoms with E-state index in [-0.39, 0.29) is 5.91 Å². The number of amides is 1. The van der Waals surface area contributed by atoms with Gasteiger partial charge >= 0.3 is 0 Å². The van der Waals surface area contributed by atoms with Crippen molar-refractivity contribution in [2.75, 3.05) is 4.90 Å². The Bertz CT molecular complexity index is 1200. The molecule has 0 unspecified atom stereocenters. The molecule has 0 aliphatic rings. The van der Waals surface area contributed by atoms with Gasteiger partial charge in [0.1, 0.15) is 11.4 Å². The number of carbonyl (C=O) groups excluding carboxylic acids is 1. The summed E-state index contributed by atoms with van der Waals surface area (Å²) in [5, 5.41) is 1.59. The van der Waals surface area contributed by atoms with Crippen LogP contribution < -0.4 is 4.90 Å². The van der Waals surface area contributed by atoms with Crippen LogP contribution in [0.3, 0.4) is 0 Å². The Morgan fingerprint density at radius 1 is 1.07 bits per heavy atom. The molecule has 0 aliphatic carbocycles. The number of halogens is 1. The lowest BCUT2D eigenvalue weighted by Crippen LogP contribution is -2.31. The fraction of sp³-hybridized carbons (Fsp3) is 0.167. The van der Waals surface area contributed by atoms with Crippen LogP contribution in [0.25, 0.3) is 11.0 Å². The van der Waals surface area contributed by atoms with Crippen molar-refractivity contribution in [3.8, 4) is 0 Å². The number of rotatable bonds is 4. The second-order valence-electron chi connectivity index (χ2n) is 7.22. The minimum Gasteiger partial charge on any atom is -0.450 e. The highest BCUT2D eigenvalue weighted by molar-refractivity contribution is 6.30. The van der Waals surface area contributed by atoms with E-state index in [2.05, 4.69) is 17.1 Å². The molecule has 1 amide bonds. The van der Waals surface area contributed by atoms with Crippen molar-refractivity contribution in [1.82, 2.24) is 4.98 Å². The summed E-state index contributed by atoms with van der Waals surface area (Å²) in [6.07, 6.45) is 1.67. The Morgan fingerprint density at radius 3 is 2.62 bits per heavy atom. The van der Waals surface area contributed by atoms with Gasteiger partial charge in [0.25, 0.3) is 5.91 Å². The van der Waals surface area contributed by atoms with Crippen molar-refractivity contribution in [3.05, 3.63) is 93.8 Å². The second-order valence-corrected chi connectivity index (χ2v) is 7.66. The number of carbonyl (C=O) groups is 1. The molecule has 0 N–H and O–H groups in total. The SMILES string of the molecule is Cc1cc(C)c2oc(C(=O)N(Cc3cccc(Cl)c3)c3ccccn3)c(C)c2c1. The van der Waals surface area contributed by atoms with Gasteiger partial charge in [0.2, 0.25) is 0 Å². The summed E-state index contributed by atoms with van der Waals surface area (Å²) in [6, 6.07) is 17.1. The summed E-state index contributed by atoms with van der Waals surface area (Å²) in [4.78, 5) is 19.6. The van der Waals surface area contributed by atoms with Crippen LogP contribution in [0.1, 0.15) is 32.8 Å². The van der Waals surface area contributed by atoms with E-state index in [4.69, 9.17) is 16.0 Å². The lowest BCUT2D eigenvalue weighted by molar-refractivity contribution is 0.0959. The van der Waals surface area contributed by atoms with E-state index >= 15 is 0 Å². The van der Waals surface area contributed by atoms with E-state index in [1.165, 1.54) is 0 Å². The molecular formula is C24H21ClN2O2.